The van der Waals surface area contributed by atoms with Gasteiger partial charge in [0.1, 0.15) is 23.0 Å². The normalized spacial score (nSPS) is 13.5. The fourth-order valence-electron chi connectivity index (χ4n) is 2.00. The number of hydrogen-bond donors (Lipinski definition) is 1. The molecule has 1 aromatic carbocycles. The molecule has 0 aliphatic heterocycles. The number of pyridine rings is 1. The lowest BCUT2D eigenvalue weighted by Crippen LogP contribution is -2.14. The Balaban J connectivity index is 1.74. The van der Waals surface area contributed by atoms with Crippen LogP contribution in [0.15, 0.2) is 41.7 Å². The third kappa shape index (κ3) is 3.28. The third-order valence-electron chi connectivity index (χ3n) is 3.45. The fraction of sp³-hybridized carbons (Fsp3) is 0.250. The number of amides is 1. The van der Waals surface area contributed by atoms with Crippen LogP contribution in [0, 0.1) is 17.7 Å². The van der Waals surface area contributed by atoms with Crippen LogP contribution >= 0.6 is 0 Å². The quantitative estimate of drug-likeness (QED) is 0.848. The number of nitrogens with one attached hydrogen (secondary N) is 1. The maximum atomic E-state index is 11.7. The van der Waals surface area contributed by atoms with Gasteiger partial charge in [-0.05, 0) is 42.6 Å². The lowest BCUT2D eigenvalue weighted by molar-refractivity contribution is -0.117. The minimum Gasteiger partial charge on any atom is -0.457 e. The van der Waals surface area contributed by atoms with Crippen molar-refractivity contribution in [2.45, 2.75) is 19.8 Å². The van der Waals surface area contributed by atoms with E-state index in [-0.39, 0.29) is 11.8 Å². The summed E-state index contributed by atoms with van der Waals surface area (Å²) in [7, 11) is 0. The Morgan fingerprint density at radius 3 is 2.77 bits per heavy atom. The van der Waals surface area contributed by atoms with Crippen LogP contribution in [0.25, 0.3) is 0 Å². The summed E-state index contributed by atoms with van der Waals surface area (Å²) in [5.41, 5.74) is 1.13. The number of nitroso groups, excluding NO2 is 1. The number of anilines is 1. The van der Waals surface area contributed by atoms with E-state index >= 15 is 0 Å². The molecule has 1 aliphatic carbocycles. The van der Waals surface area contributed by atoms with Gasteiger partial charge in [-0.25, -0.2) is 4.98 Å². The van der Waals surface area contributed by atoms with E-state index in [4.69, 9.17) is 4.74 Å². The Kier molecular flexibility index (Phi) is 3.82. The van der Waals surface area contributed by atoms with Gasteiger partial charge >= 0.3 is 0 Å². The molecule has 1 aliphatic rings. The van der Waals surface area contributed by atoms with Crippen LogP contribution in [0.4, 0.5) is 11.5 Å². The van der Waals surface area contributed by atoms with Crippen molar-refractivity contribution in [3.05, 3.63) is 47.0 Å². The second-order valence-corrected chi connectivity index (χ2v) is 5.28. The van der Waals surface area contributed by atoms with Crippen LogP contribution in [0.2, 0.25) is 0 Å². The molecule has 6 nitrogen and oxygen atoms in total. The van der Waals surface area contributed by atoms with E-state index in [0.29, 0.717) is 23.0 Å². The Bertz CT molecular complexity index is 726. The van der Waals surface area contributed by atoms with Crippen LogP contribution < -0.4 is 10.1 Å². The van der Waals surface area contributed by atoms with Crippen LogP contribution in [0.5, 0.6) is 11.5 Å². The summed E-state index contributed by atoms with van der Waals surface area (Å²) in [6, 6.07) is 8.43. The summed E-state index contributed by atoms with van der Waals surface area (Å²) in [5.74, 6) is 1.60. The average molecular weight is 297 g/mol. The molecule has 3 rings (SSSR count). The lowest BCUT2D eigenvalue weighted by Gasteiger charge is -2.09. The standard InChI is InChI=1S/C16H15N3O3/c1-10-2-5-12(8-14(10)19-21)22-13-6-7-17-15(9-13)18-16(20)11-3-4-11/h2,5-9,11H,3-4H2,1H3,(H,17,18,20). The Hall–Kier alpha value is -2.76. The smallest absolute Gasteiger partial charge is 0.228 e. The van der Waals surface area contributed by atoms with Crippen molar-refractivity contribution in [1.29, 1.82) is 0 Å². The van der Waals surface area contributed by atoms with Crippen LogP contribution in [0.3, 0.4) is 0 Å². The highest BCUT2D eigenvalue weighted by molar-refractivity contribution is 5.93. The second-order valence-electron chi connectivity index (χ2n) is 5.28. The monoisotopic (exact) mass is 297 g/mol. The van der Waals surface area contributed by atoms with Crippen LogP contribution in [0.1, 0.15) is 18.4 Å². The Morgan fingerprint density at radius 2 is 2.05 bits per heavy atom. The first kappa shape index (κ1) is 14.2. The maximum Gasteiger partial charge on any atom is 0.228 e. The first-order valence-electron chi connectivity index (χ1n) is 7.04. The zero-order chi connectivity index (χ0) is 15.5. The molecular formula is C16H15N3O3. The van der Waals surface area contributed by atoms with Gasteiger partial charge < -0.3 is 10.1 Å². The van der Waals surface area contributed by atoms with E-state index in [9.17, 15) is 9.70 Å². The summed E-state index contributed by atoms with van der Waals surface area (Å²) in [6.45, 7) is 1.80. The molecule has 0 radical (unpaired) electrons. The summed E-state index contributed by atoms with van der Waals surface area (Å²) in [5, 5.41) is 5.72. The van der Waals surface area contributed by atoms with Gasteiger partial charge in [0.15, 0.2) is 0 Å². The molecule has 1 saturated carbocycles. The number of aryl methyl sites for hydroxylation is 1. The van der Waals surface area contributed by atoms with Gasteiger partial charge in [-0.2, -0.15) is 0 Å². The number of ether oxygens (including phenoxy) is 1. The molecule has 1 fully saturated rings. The summed E-state index contributed by atoms with van der Waals surface area (Å²) < 4.78 is 5.68. The maximum absolute atomic E-state index is 11.7. The zero-order valence-corrected chi connectivity index (χ0v) is 12.1. The zero-order valence-electron chi connectivity index (χ0n) is 12.1. The molecular weight excluding hydrogens is 282 g/mol. The Morgan fingerprint density at radius 1 is 1.27 bits per heavy atom. The molecule has 6 heteroatoms. The molecule has 0 saturated heterocycles. The third-order valence-corrected chi connectivity index (χ3v) is 3.45. The molecule has 0 spiro atoms. The molecule has 2 aromatic rings. The molecule has 112 valence electrons. The highest BCUT2D eigenvalue weighted by Crippen LogP contribution is 2.31. The number of carbonyl (C=O) groups excluding carboxylic acids is 1. The van der Waals surface area contributed by atoms with Gasteiger partial charge in [0.2, 0.25) is 5.91 Å². The molecule has 0 atom stereocenters. The minimum atomic E-state index is -0.00701. The van der Waals surface area contributed by atoms with E-state index in [1.165, 1.54) is 0 Å². The lowest BCUT2D eigenvalue weighted by atomic mass is 10.2. The van der Waals surface area contributed by atoms with Gasteiger partial charge in [0, 0.05) is 24.2 Å². The van der Waals surface area contributed by atoms with Gasteiger partial charge in [-0.15, -0.1) is 4.91 Å². The topological polar surface area (TPSA) is 80.7 Å². The number of benzene rings is 1. The van der Waals surface area contributed by atoms with E-state index in [0.717, 1.165) is 18.4 Å². The molecule has 0 bridgehead atoms. The van der Waals surface area contributed by atoms with Crippen molar-refractivity contribution in [1.82, 2.24) is 4.98 Å². The Labute approximate surface area is 127 Å². The predicted octanol–water partition coefficient (Wildman–Crippen LogP) is 3.93. The summed E-state index contributed by atoms with van der Waals surface area (Å²) in [6.07, 6.45) is 3.44. The van der Waals surface area contributed by atoms with Gasteiger partial charge in [0.25, 0.3) is 0 Å². The van der Waals surface area contributed by atoms with Crippen molar-refractivity contribution in [2.24, 2.45) is 11.1 Å². The minimum absolute atomic E-state index is 0.00701. The first-order chi connectivity index (χ1) is 10.7. The van der Waals surface area contributed by atoms with Crippen molar-refractivity contribution < 1.29 is 9.53 Å². The van der Waals surface area contributed by atoms with Gasteiger partial charge in [0.05, 0.1) is 0 Å². The van der Waals surface area contributed by atoms with Crippen molar-refractivity contribution >= 4 is 17.4 Å². The molecule has 1 amide bonds. The number of rotatable bonds is 5. The molecule has 0 unspecified atom stereocenters. The van der Waals surface area contributed by atoms with Crippen molar-refractivity contribution in [2.75, 3.05) is 5.32 Å². The summed E-state index contributed by atoms with van der Waals surface area (Å²) in [4.78, 5) is 26.5. The largest absolute Gasteiger partial charge is 0.457 e. The van der Waals surface area contributed by atoms with E-state index < -0.39 is 0 Å². The molecule has 1 N–H and O–H groups in total. The number of hydrogen-bond acceptors (Lipinski definition) is 5. The van der Waals surface area contributed by atoms with Gasteiger partial charge in [-0.1, -0.05) is 6.07 Å². The van der Waals surface area contributed by atoms with Crippen LogP contribution in [-0.2, 0) is 4.79 Å². The SMILES string of the molecule is Cc1ccc(Oc2ccnc(NC(=O)C3CC3)c2)cc1N=O. The fourth-order valence-corrected chi connectivity index (χ4v) is 2.00. The molecule has 1 heterocycles. The molecule has 22 heavy (non-hydrogen) atoms. The van der Waals surface area contributed by atoms with Crippen LogP contribution in [-0.4, -0.2) is 10.9 Å². The van der Waals surface area contributed by atoms with Crippen molar-refractivity contribution in [3.8, 4) is 11.5 Å². The number of carbonyl (C=O) groups is 1. The number of aromatic nitrogens is 1. The van der Waals surface area contributed by atoms with E-state index in [2.05, 4.69) is 15.5 Å². The van der Waals surface area contributed by atoms with Gasteiger partial charge in [-0.3, -0.25) is 4.79 Å². The average Bonchev–Trinajstić information content (AvgIpc) is 3.34. The molecule has 1 aromatic heterocycles. The van der Waals surface area contributed by atoms with E-state index in [1.807, 2.05) is 0 Å². The van der Waals surface area contributed by atoms with Crippen molar-refractivity contribution in [3.63, 3.8) is 0 Å². The van der Waals surface area contributed by atoms with E-state index in [1.54, 1.807) is 43.5 Å². The summed E-state index contributed by atoms with van der Waals surface area (Å²) >= 11 is 0. The first-order valence-corrected chi connectivity index (χ1v) is 7.04. The predicted molar refractivity (Wildman–Crippen MR) is 82.3 cm³/mol. The number of nitrogens with zero attached hydrogens (tertiary/aromatic N) is 2. The second kappa shape index (κ2) is 5.93. The highest BCUT2D eigenvalue weighted by Gasteiger charge is 2.29. The highest BCUT2D eigenvalue weighted by atomic mass is 16.5.